The van der Waals surface area contributed by atoms with Crippen molar-refractivity contribution < 1.29 is 18.8 Å². The highest BCUT2D eigenvalue weighted by atomic mass is 32.2. The Morgan fingerprint density at radius 2 is 1.93 bits per heavy atom. The number of ether oxygens (including phenoxy) is 2. The van der Waals surface area contributed by atoms with Crippen LogP contribution in [-0.4, -0.2) is 21.8 Å². The SMILES string of the molecule is Cc1nc(CSc2ccccc2C(=O)Nc2ccc3c(c2)OC2(CCCC2)O3)no1. The molecule has 0 radical (unpaired) electrons. The van der Waals surface area contributed by atoms with Crippen LogP contribution in [0.4, 0.5) is 5.69 Å². The van der Waals surface area contributed by atoms with Crippen LogP contribution in [0.25, 0.3) is 0 Å². The Morgan fingerprint density at radius 3 is 2.73 bits per heavy atom. The van der Waals surface area contributed by atoms with E-state index in [-0.39, 0.29) is 5.91 Å². The average Bonchev–Trinajstić information content (AvgIpc) is 3.46. The molecule has 1 amide bonds. The molecule has 5 rings (SSSR count). The van der Waals surface area contributed by atoms with Crippen LogP contribution >= 0.6 is 11.8 Å². The Morgan fingerprint density at radius 1 is 1.13 bits per heavy atom. The Labute approximate surface area is 178 Å². The van der Waals surface area contributed by atoms with Crippen molar-refractivity contribution in [2.24, 2.45) is 0 Å². The molecule has 7 nitrogen and oxygen atoms in total. The van der Waals surface area contributed by atoms with E-state index < -0.39 is 5.79 Å². The van der Waals surface area contributed by atoms with Crippen molar-refractivity contribution in [3.8, 4) is 11.5 Å². The smallest absolute Gasteiger partial charge is 0.256 e. The quantitative estimate of drug-likeness (QED) is 0.580. The number of carbonyl (C=O) groups excluding carboxylic acids is 1. The number of benzene rings is 2. The van der Waals surface area contributed by atoms with E-state index in [0.717, 1.165) is 36.3 Å². The molecule has 8 heteroatoms. The Hall–Kier alpha value is -3.00. The van der Waals surface area contributed by atoms with Crippen molar-refractivity contribution in [2.75, 3.05) is 5.32 Å². The molecule has 2 aromatic carbocycles. The number of aryl methyl sites for hydroxylation is 1. The highest BCUT2D eigenvalue weighted by Crippen LogP contribution is 2.47. The predicted octanol–water partition coefficient (Wildman–Crippen LogP) is 4.96. The molecule has 1 aliphatic carbocycles. The number of carbonyl (C=O) groups is 1. The molecular formula is C22H21N3O4S. The fraction of sp³-hybridized carbons (Fsp3) is 0.318. The summed E-state index contributed by atoms with van der Waals surface area (Å²) in [5.41, 5.74) is 1.26. The van der Waals surface area contributed by atoms with Crippen LogP contribution in [0.1, 0.15) is 47.8 Å². The minimum absolute atomic E-state index is 0.183. The summed E-state index contributed by atoms with van der Waals surface area (Å²) in [5, 5.41) is 6.88. The van der Waals surface area contributed by atoms with Crippen LogP contribution in [0.15, 0.2) is 51.9 Å². The van der Waals surface area contributed by atoms with Crippen LogP contribution in [0.3, 0.4) is 0 Å². The second-order valence-electron chi connectivity index (χ2n) is 7.45. The second kappa shape index (κ2) is 7.68. The molecule has 2 aliphatic rings. The van der Waals surface area contributed by atoms with E-state index in [1.807, 2.05) is 36.4 Å². The van der Waals surface area contributed by atoms with Gasteiger partial charge in [-0.2, -0.15) is 4.98 Å². The summed E-state index contributed by atoms with van der Waals surface area (Å²) >= 11 is 1.49. The molecule has 2 heterocycles. The Bertz CT molecular complexity index is 1090. The normalized spacial score (nSPS) is 16.2. The monoisotopic (exact) mass is 423 g/mol. The van der Waals surface area contributed by atoms with E-state index in [0.29, 0.717) is 34.5 Å². The summed E-state index contributed by atoms with van der Waals surface area (Å²) in [6, 6.07) is 13.0. The molecule has 1 aromatic heterocycles. The number of nitrogens with one attached hydrogen (secondary N) is 1. The molecule has 1 saturated carbocycles. The molecule has 154 valence electrons. The molecule has 1 spiro atoms. The summed E-state index contributed by atoms with van der Waals surface area (Å²) in [7, 11) is 0. The number of thioether (sulfide) groups is 1. The minimum atomic E-state index is -0.512. The molecule has 0 unspecified atom stereocenters. The van der Waals surface area contributed by atoms with Crippen LogP contribution in [0.5, 0.6) is 11.5 Å². The predicted molar refractivity (Wildman–Crippen MR) is 112 cm³/mol. The van der Waals surface area contributed by atoms with Crippen LogP contribution in [0.2, 0.25) is 0 Å². The lowest BCUT2D eigenvalue weighted by molar-refractivity contribution is -0.0716. The molecule has 0 bridgehead atoms. The fourth-order valence-corrected chi connectivity index (χ4v) is 4.70. The van der Waals surface area contributed by atoms with Crippen molar-refractivity contribution in [3.63, 3.8) is 0 Å². The van der Waals surface area contributed by atoms with Gasteiger partial charge in [0.25, 0.3) is 11.7 Å². The fourth-order valence-electron chi connectivity index (χ4n) is 3.81. The van der Waals surface area contributed by atoms with E-state index in [4.69, 9.17) is 14.0 Å². The van der Waals surface area contributed by atoms with Crippen LogP contribution in [0, 0.1) is 6.92 Å². The maximum absolute atomic E-state index is 13.0. The molecule has 1 N–H and O–H groups in total. The topological polar surface area (TPSA) is 86.5 Å². The number of anilines is 1. The van der Waals surface area contributed by atoms with Crippen molar-refractivity contribution in [1.82, 2.24) is 10.1 Å². The van der Waals surface area contributed by atoms with Gasteiger partial charge in [-0.3, -0.25) is 4.79 Å². The molecule has 1 fully saturated rings. The largest absolute Gasteiger partial charge is 0.448 e. The molecule has 0 saturated heterocycles. The third-order valence-corrected chi connectivity index (χ3v) is 6.29. The van der Waals surface area contributed by atoms with Gasteiger partial charge in [-0.25, -0.2) is 0 Å². The molecular weight excluding hydrogens is 402 g/mol. The second-order valence-corrected chi connectivity index (χ2v) is 8.47. The maximum atomic E-state index is 13.0. The number of nitrogens with zero attached hydrogens (tertiary/aromatic N) is 2. The van der Waals surface area contributed by atoms with Crippen molar-refractivity contribution in [1.29, 1.82) is 0 Å². The maximum Gasteiger partial charge on any atom is 0.256 e. The number of rotatable bonds is 5. The van der Waals surface area contributed by atoms with E-state index in [9.17, 15) is 4.79 Å². The zero-order chi connectivity index (χ0) is 20.6. The van der Waals surface area contributed by atoms with Gasteiger partial charge < -0.3 is 19.3 Å². The highest BCUT2D eigenvalue weighted by molar-refractivity contribution is 7.98. The summed E-state index contributed by atoms with van der Waals surface area (Å²) < 4.78 is 17.1. The van der Waals surface area contributed by atoms with Crippen LogP contribution < -0.4 is 14.8 Å². The van der Waals surface area contributed by atoms with Gasteiger partial charge in [0, 0.05) is 36.4 Å². The first-order valence-corrected chi connectivity index (χ1v) is 10.9. The van der Waals surface area contributed by atoms with Gasteiger partial charge in [-0.15, -0.1) is 11.8 Å². The zero-order valence-electron chi connectivity index (χ0n) is 16.5. The molecule has 0 atom stereocenters. The standard InChI is InChI=1S/C22H21N3O4S/c1-14-23-20(25-29-14)13-30-19-7-3-2-6-16(19)21(26)24-15-8-9-17-18(12-15)28-22(27-17)10-4-5-11-22/h2-3,6-9,12H,4-5,10-11,13H2,1H3,(H,24,26). The summed E-state index contributed by atoms with van der Waals surface area (Å²) in [5.74, 6) is 2.38. The summed E-state index contributed by atoms with van der Waals surface area (Å²) in [6.45, 7) is 1.75. The van der Waals surface area contributed by atoms with Gasteiger partial charge in [0.1, 0.15) is 0 Å². The number of hydrogen-bond acceptors (Lipinski definition) is 7. The number of amides is 1. The first kappa shape index (κ1) is 19.0. The lowest BCUT2D eigenvalue weighted by Crippen LogP contribution is -2.34. The number of hydrogen-bond donors (Lipinski definition) is 1. The number of fused-ring (bicyclic) bond motifs is 1. The Balaban J connectivity index is 1.29. The van der Waals surface area contributed by atoms with Gasteiger partial charge >= 0.3 is 0 Å². The first-order valence-electron chi connectivity index (χ1n) is 9.95. The van der Waals surface area contributed by atoms with E-state index >= 15 is 0 Å². The minimum Gasteiger partial charge on any atom is -0.448 e. The lowest BCUT2D eigenvalue weighted by atomic mass is 10.2. The zero-order valence-corrected chi connectivity index (χ0v) is 17.3. The van der Waals surface area contributed by atoms with Crippen molar-refractivity contribution in [2.45, 2.75) is 49.0 Å². The van der Waals surface area contributed by atoms with Crippen molar-refractivity contribution in [3.05, 3.63) is 59.7 Å². The van der Waals surface area contributed by atoms with Crippen LogP contribution in [-0.2, 0) is 5.75 Å². The highest BCUT2D eigenvalue weighted by Gasteiger charge is 2.44. The number of aromatic nitrogens is 2. The average molecular weight is 423 g/mol. The van der Waals surface area contributed by atoms with Gasteiger partial charge in [-0.1, -0.05) is 17.3 Å². The van der Waals surface area contributed by atoms with E-state index in [1.165, 1.54) is 11.8 Å². The third-order valence-electron chi connectivity index (χ3n) is 5.22. The van der Waals surface area contributed by atoms with E-state index in [2.05, 4.69) is 15.5 Å². The molecule has 3 aromatic rings. The molecule has 1 aliphatic heterocycles. The van der Waals surface area contributed by atoms with E-state index in [1.54, 1.807) is 13.0 Å². The summed E-state index contributed by atoms with van der Waals surface area (Å²) in [4.78, 5) is 18.0. The summed E-state index contributed by atoms with van der Waals surface area (Å²) in [6.07, 6.45) is 4.01. The third kappa shape index (κ3) is 3.75. The lowest BCUT2D eigenvalue weighted by Gasteiger charge is -2.21. The van der Waals surface area contributed by atoms with Gasteiger partial charge in [0.05, 0.1) is 11.3 Å². The van der Waals surface area contributed by atoms with Gasteiger partial charge in [0.2, 0.25) is 5.89 Å². The van der Waals surface area contributed by atoms with Gasteiger partial charge in [-0.05, 0) is 37.1 Å². The Kier molecular flexibility index (Phi) is 4.86. The first-order chi connectivity index (χ1) is 14.6. The van der Waals surface area contributed by atoms with Gasteiger partial charge in [0.15, 0.2) is 17.3 Å². The van der Waals surface area contributed by atoms with Crippen molar-refractivity contribution >= 4 is 23.4 Å². The molecule has 30 heavy (non-hydrogen) atoms.